The largest absolute Gasteiger partial charge is 0.351 e. The highest BCUT2D eigenvalue weighted by Gasteiger charge is 2.15. The highest BCUT2D eigenvalue weighted by molar-refractivity contribution is 7.99. The van der Waals surface area contributed by atoms with Crippen molar-refractivity contribution in [2.24, 2.45) is 7.05 Å². The molecule has 1 N–H and O–H groups in total. The van der Waals surface area contributed by atoms with E-state index in [1.165, 1.54) is 16.3 Å². The summed E-state index contributed by atoms with van der Waals surface area (Å²) in [5.74, 6) is 0.575. The maximum Gasteiger partial charge on any atom is 0.262 e. The Balaban J connectivity index is 1.56. The Morgan fingerprint density at radius 1 is 1.07 bits per heavy atom. The lowest BCUT2D eigenvalue weighted by molar-refractivity contribution is -0.118. The number of amides is 1. The predicted octanol–water partition coefficient (Wildman–Crippen LogP) is 1.99. The smallest absolute Gasteiger partial charge is 0.262 e. The lowest BCUT2D eigenvalue weighted by atomic mass is 10.2. The van der Waals surface area contributed by atoms with Crippen LogP contribution in [0.15, 0.2) is 64.5 Å². The highest BCUT2D eigenvalue weighted by atomic mass is 32.2. The third-order valence-corrected chi connectivity index (χ3v) is 5.19. The van der Waals surface area contributed by atoms with Gasteiger partial charge in [0.1, 0.15) is 0 Å². The van der Waals surface area contributed by atoms with Gasteiger partial charge in [0.05, 0.1) is 16.7 Å². The molecular weight excluding hydrogens is 362 g/mol. The molecular formula is C19H17N5O2S. The van der Waals surface area contributed by atoms with E-state index in [1.54, 1.807) is 13.1 Å². The van der Waals surface area contributed by atoms with E-state index in [1.807, 2.05) is 52.9 Å². The van der Waals surface area contributed by atoms with Gasteiger partial charge in [-0.3, -0.25) is 18.6 Å². The number of para-hydroxylation sites is 1. The second-order valence-corrected chi connectivity index (χ2v) is 6.99. The first-order chi connectivity index (χ1) is 13.1. The van der Waals surface area contributed by atoms with E-state index in [9.17, 15) is 9.59 Å². The lowest BCUT2D eigenvalue weighted by Gasteiger charge is -2.08. The van der Waals surface area contributed by atoms with Crippen molar-refractivity contribution in [2.45, 2.75) is 11.7 Å². The number of fused-ring (bicyclic) bond motifs is 3. The molecule has 0 saturated carbocycles. The number of hydrogen-bond acceptors (Lipinski definition) is 5. The van der Waals surface area contributed by atoms with Crippen LogP contribution in [0, 0.1) is 0 Å². The van der Waals surface area contributed by atoms with Gasteiger partial charge in [0.2, 0.25) is 11.7 Å². The summed E-state index contributed by atoms with van der Waals surface area (Å²) < 4.78 is 3.28. The van der Waals surface area contributed by atoms with Crippen LogP contribution in [0.4, 0.5) is 0 Å². The molecule has 2 heterocycles. The number of benzene rings is 2. The highest BCUT2D eigenvalue weighted by Crippen LogP contribution is 2.20. The topological polar surface area (TPSA) is 81.3 Å². The number of aromatic nitrogens is 4. The zero-order valence-electron chi connectivity index (χ0n) is 14.6. The van der Waals surface area contributed by atoms with Crippen molar-refractivity contribution in [3.8, 4) is 0 Å². The number of thioether (sulfide) groups is 1. The summed E-state index contributed by atoms with van der Waals surface area (Å²) in [5, 5.41) is 12.4. The van der Waals surface area contributed by atoms with Gasteiger partial charge in [-0.1, -0.05) is 54.2 Å². The molecule has 27 heavy (non-hydrogen) atoms. The van der Waals surface area contributed by atoms with Gasteiger partial charge in [0.25, 0.3) is 5.56 Å². The van der Waals surface area contributed by atoms with Crippen LogP contribution >= 0.6 is 11.8 Å². The Bertz CT molecular complexity index is 1180. The molecule has 136 valence electrons. The summed E-state index contributed by atoms with van der Waals surface area (Å²) in [6.07, 6.45) is 0. The van der Waals surface area contributed by atoms with Gasteiger partial charge in [0, 0.05) is 13.6 Å². The Labute approximate surface area is 159 Å². The number of aryl methyl sites for hydroxylation is 1. The van der Waals surface area contributed by atoms with Crippen LogP contribution in [0.5, 0.6) is 0 Å². The lowest BCUT2D eigenvalue weighted by Crippen LogP contribution is -2.24. The minimum Gasteiger partial charge on any atom is -0.351 e. The average Bonchev–Trinajstić information content (AvgIpc) is 3.14. The van der Waals surface area contributed by atoms with Crippen LogP contribution in [0.1, 0.15) is 5.56 Å². The molecule has 0 bridgehead atoms. The van der Waals surface area contributed by atoms with Gasteiger partial charge in [-0.2, -0.15) is 0 Å². The first-order valence-corrected chi connectivity index (χ1v) is 9.40. The molecule has 1 amide bonds. The Morgan fingerprint density at radius 2 is 1.81 bits per heavy atom. The van der Waals surface area contributed by atoms with E-state index in [-0.39, 0.29) is 17.2 Å². The van der Waals surface area contributed by atoms with Gasteiger partial charge in [-0.15, -0.1) is 10.2 Å². The Hall–Kier alpha value is -3.13. The van der Waals surface area contributed by atoms with E-state index >= 15 is 0 Å². The monoisotopic (exact) mass is 379 g/mol. The van der Waals surface area contributed by atoms with Gasteiger partial charge in [-0.25, -0.2) is 0 Å². The second kappa shape index (κ2) is 7.24. The van der Waals surface area contributed by atoms with Crippen LogP contribution in [0.25, 0.3) is 16.7 Å². The number of carbonyl (C=O) groups excluding carboxylic acids is 1. The van der Waals surface area contributed by atoms with E-state index in [2.05, 4.69) is 15.5 Å². The minimum absolute atomic E-state index is 0.0882. The molecule has 0 atom stereocenters. The van der Waals surface area contributed by atoms with Crippen molar-refractivity contribution in [1.29, 1.82) is 0 Å². The van der Waals surface area contributed by atoms with Gasteiger partial charge in [0.15, 0.2) is 5.16 Å². The summed E-state index contributed by atoms with van der Waals surface area (Å²) in [4.78, 5) is 24.6. The molecule has 0 spiro atoms. The maximum atomic E-state index is 12.4. The zero-order valence-corrected chi connectivity index (χ0v) is 15.4. The standard InChI is InChI=1S/C19H17N5O2S/c1-23-17(26)14-9-5-6-10-15(14)24-18(23)21-22-19(24)27-12-16(25)20-11-13-7-3-2-4-8-13/h2-10H,11-12H2,1H3,(H,20,25). The van der Waals surface area contributed by atoms with Gasteiger partial charge >= 0.3 is 0 Å². The fourth-order valence-electron chi connectivity index (χ4n) is 2.88. The molecule has 2 aromatic carbocycles. The van der Waals surface area contributed by atoms with E-state index in [4.69, 9.17) is 0 Å². The normalized spacial score (nSPS) is 11.1. The predicted molar refractivity (Wildman–Crippen MR) is 105 cm³/mol. The van der Waals surface area contributed by atoms with Crippen molar-refractivity contribution in [1.82, 2.24) is 24.5 Å². The van der Waals surface area contributed by atoms with Crippen LogP contribution in [0.3, 0.4) is 0 Å². The molecule has 4 rings (SSSR count). The fourth-order valence-corrected chi connectivity index (χ4v) is 3.65. The molecule has 8 heteroatoms. The first-order valence-electron chi connectivity index (χ1n) is 8.41. The summed E-state index contributed by atoms with van der Waals surface area (Å²) in [6.45, 7) is 0.484. The van der Waals surface area contributed by atoms with Crippen molar-refractivity contribution >= 4 is 34.3 Å². The number of carbonyl (C=O) groups is 1. The Morgan fingerprint density at radius 3 is 2.63 bits per heavy atom. The molecule has 0 aliphatic rings. The van der Waals surface area contributed by atoms with Crippen LogP contribution in [-0.4, -0.2) is 30.8 Å². The molecule has 0 aliphatic heterocycles. The van der Waals surface area contributed by atoms with Crippen molar-refractivity contribution in [2.75, 3.05) is 5.75 Å². The zero-order chi connectivity index (χ0) is 18.8. The molecule has 4 aromatic rings. The van der Waals surface area contributed by atoms with Crippen LogP contribution in [0.2, 0.25) is 0 Å². The van der Waals surface area contributed by atoms with Crippen molar-refractivity contribution in [3.63, 3.8) is 0 Å². The van der Waals surface area contributed by atoms with Crippen LogP contribution in [-0.2, 0) is 18.4 Å². The van der Waals surface area contributed by atoms with Crippen molar-refractivity contribution < 1.29 is 4.79 Å². The number of rotatable bonds is 5. The summed E-state index contributed by atoms with van der Waals surface area (Å²) in [6, 6.07) is 17.1. The fraction of sp³-hybridized carbons (Fsp3) is 0.158. The molecule has 0 radical (unpaired) electrons. The molecule has 0 unspecified atom stereocenters. The molecule has 0 fully saturated rings. The maximum absolute atomic E-state index is 12.4. The first kappa shape index (κ1) is 17.3. The van der Waals surface area contributed by atoms with Crippen LogP contribution < -0.4 is 10.9 Å². The second-order valence-electron chi connectivity index (χ2n) is 6.05. The number of nitrogens with zero attached hydrogens (tertiary/aromatic N) is 4. The Kier molecular flexibility index (Phi) is 4.64. The molecule has 0 aliphatic carbocycles. The summed E-state index contributed by atoms with van der Waals surface area (Å²) >= 11 is 1.29. The number of hydrogen-bond donors (Lipinski definition) is 1. The minimum atomic E-state index is -0.123. The molecule has 2 aromatic heterocycles. The summed E-state index contributed by atoms with van der Waals surface area (Å²) in [5.41, 5.74) is 1.65. The third kappa shape index (κ3) is 3.31. The van der Waals surface area contributed by atoms with E-state index in [0.717, 1.165) is 11.1 Å². The number of nitrogens with one attached hydrogen (secondary N) is 1. The van der Waals surface area contributed by atoms with Gasteiger partial charge in [-0.05, 0) is 17.7 Å². The van der Waals surface area contributed by atoms with Crippen molar-refractivity contribution in [3.05, 3.63) is 70.5 Å². The van der Waals surface area contributed by atoms with Gasteiger partial charge < -0.3 is 5.32 Å². The third-order valence-electron chi connectivity index (χ3n) is 4.26. The SMILES string of the molecule is Cn1c(=O)c2ccccc2n2c(SCC(=O)NCc3ccccc3)nnc12. The van der Waals surface area contributed by atoms with E-state index < -0.39 is 0 Å². The quantitative estimate of drug-likeness (QED) is 0.537. The molecule has 0 saturated heterocycles. The molecule has 7 nitrogen and oxygen atoms in total. The summed E-state index contributed by atoms with van der Waals surface area (Å²) in [7, 11) is 1.67. The van der Waals surface area contributed by atoms with E-state index in [0.29, 0.717) is 22.9 Å². The average molecular weight is 379 g/mol.